The molecule has 0 radical (unpaired) electrons. The lowest BCUT2D eigenvalue weighted by molar-refractivity contribution is 0.0943. The van der Waals surface area contributed by atoms with Crippen molar-refractivity contribution in [2.75, 3.05) is 39.3 Å². The van der Waals surface area contributed by atoms with E-state index in [0.29, 0.717) is 12.2 Å². The Morgan fingerprint density at radius 1 is 1.45 bits per heavy atom. The van der Waals surface area contributed by atoms with Gasteiger partial charge in [-0.15, -0.1) is 11.3 Å². The predicted molar refractivity (Wildman–Crippen MR) is 88.3 cm³/mol. The van der Waals surface area contributed by atoms with Crippen LogP contribution < -0.4 is 10.6 Å². The highest BCUT2D eigenvalue weighted by atomic mass is 32.1. The van der Waals surface area contributed by atoms with Crippen LogP contribution in [0.2, 0.25) is 0 Å². The van der Waals surface area contributed by atoms with Gasteiger partial charge in [-0.1, -0.05) is 0 Å². The van der Waals surface area contributed by atoms with Crippen molar-refractivity contribution in [1.82, 2.24) is 25.5 Å². The number of aryl methyl sites for hydroxylation is 1. The Kier molecular flexibility index (Phi) is 4.87. The van der Waals surface area contributed by atoms with Crippen molar-refractivity contribution >= 4 is 17.2 Å². The van der Waals surface area contributed by atoms with Crippen LogP contribution in [0.25, 0.3) is 11.3 Å². The first-order valence-corrected chi connectivity index (χ1v) is 8.42. The molecule has 118 valence electrons. The second-order valence-electron chi connectivity index (χ2n) is 5.40. The van der Waals surface area contributed by atoms with Crippen molar-refractivity contribution in [3.63, 3.8) is 0 Å². The first-order chi connectivity index (χ1) is 10.7. The maximum Gasteiger partial charge on any atom is 0.267 e. The number of aromatic nitrogens is 2. The van der Waals surface area contributed by atoms with Gasteiger partial charge in [-0.3, -0.25) is 9.69 Å². The van der Waals surface area contributed by atoms with Crippen LogP contribution in [0.4, 0.5) is 0 Å². The van der Waals surface area contributed by atoms with E-state index in [2.05, 4.69) is 25.5 Å². The van der Waals surface area contributed by atoms with Gasteiger partial charge in [0.1, 0.15) is 5.69 Å². The Labute approximate surface area is 133 Å². The zero-order chi connectivity index (χ0) is 15.4. The van der Waals surface area contributed by atoms with Crippen molar-refractivity contribution < 1.29 is 4.79 Å². The number of aromatic amines is 1. The lowest BCUT2D eigenvalue weighted by Gasteiger charge is -2.27. The van der Waals surface area contributed by atoms with Crippen LogP contribution in [0.1, 0.15) is 15.5 Å². The molecule has 22 heavy (non-hydrogen) atoms. The number of piperazine rings is 1. The number of amides is 1. The molecule has 0 unspecified atom stereocenters. The number of H-pyrrole nitrogens is 1. The van der Waals surface area contributed by atoms with Gasteiger partial charge >= 0.3 is 0 Å². The summed E-state index contributed by atoms with van der Waals surface area (Å²) in [5, 5.41) is 9.32. The molecule has 0 spiro atoms. The SMILES string of the molecule is Cc1nc(-c2c[nH]c(C(=O)NCCN3CCNCC3)c2)cs1. The van der Waals surface area contributed by atoms with Crippen LogP contribution >= 0.6 is 11.3 Å². The van der Waals surface area contributed by atoms with Gasteiger partial charge in [0.05, 0.1) is 10.7 Å². The van der Waals surface area contributed by atoms with Crippen LogP contribution in [-0.2, 0) is 0 Å². The molecule has 1 saturated heterocycles. The predicted octanol–water partition coefficient (Wildman–Crippen LogP) is 1.08. The van der Waals surface area contributed by atoms with Gasteiger partial charge in [-0.2, -0.15) is 0 Å². The third kappa shape index (κ3) is 3.73. The minimum absolute atomic E-state index is 0.0617. The van der Waals surface area contributed by atoms with E-state index in [4.69, 9.17) is 0 Å². The normalized spacial score (nSPS) is 15.9. The largest absolute Gasteiger partial charge is 0.357 e. The van der Waals surface area contributed by atoms with Gasteiger partial charge < -0.3 is 15.6 Å². The van der Waals surface area contributed by atoms with Gasteiger partial charge in [-0.25, -0.2) is 4.98 Å². The fourth-order valence-electron chi connectivity index (χ4n) is 2.53. The van der Waals surface area contributed by atoms with Crippen LogP contribution in [0.15, 0.2) is 17.6 Å². The molecule has 2 aromatic rings. The topological polar surface area (TPSA) is 73.0 Å². The molecule has 1 aliphatic heterocycles. The molecule has 1 amide bonds. The molecule has 6 nitrogen and oxygen atoms in total. The fraction of sp³-hybridized carbons (Fsp3) is 0.467. The highest BCUT2D eigenvalue weighted by molar-refractivity contribution is 7.09. The number of rotatable bonds is 5. The Bertz CT molecular complexity index is 629. The molecule has 1 aliphatic rings. The lowest BCUT2D eigenvalue weighted by Crippen LogP contribution is -2.46. The van der Waals surface area contributed by atoms with Crippen LogP contribution in [0, 0.1) is 6.92 Å². The molecule has 7 heteroatoms. The standard InChI is InChI=1S/C15H21N5OS/c1-11-19-14(10-22-11)12-8-13(18-9-12)15(21)17-4-7-20-5-2-16-3-6-20/h8-10,16,18H,2-7H2,1H3,(H,17,21). The lowest BCUT2D eigenvalue weighted by atomic mass is 10.2. The Morgan fingerprint density at radius 2 is 2.27 bits per heavy atom. The van der Waals surface area contributed by atoms with E-state index >= 15 is 0 Å². The zero-order valence-corrected chi connectivity index (χ0v) is 13.5. The van der Waals surface area contributed by atoms with E-state index in [1.807, 2.05) is 24.6 Å². The number of hydrogen-bond donors (Lipinski definition) is 3. The number of nitrogens with one attached hydrogen (secondary N) is 3. The van der Waals surface area contributed by atoms with Gasteiger partial charge in [0.25, 0.3) is 5.91 Å². The highest BCUT2D eigenvalue weighted by Gasteiger charge is 2.12. The third-order valence-electron chi connectivity index (χ3n) is 3.77. The van der Waals surface area contributed by atoms with Crippen LogP contribution in [0.3, 0.4) is 0 Å². The van der Waals surface area contributed by atoms with Crippen molar-refractivity contribution in [2.45, 2.75) is 6.92 Å². The molecule has 0 saturated carbocycles. The molecule has 3 N–H and O–H groups in total. The van der Waals surface area contributed by atoms with E-state index in [1.54, 1.807) is 11.3 Å². The Hall–Kier alpha value is -1.70. The van der Waals surface area contributed by atoms with Crippen LogP contribution in [0.5, 0.6) is 0 Å². The summed E-state index contributed by atoms with van der Waals surface area (Å²) in [6.45, 7) is 7.69. The molecular weight excluding hydrogens is 298 g/mol. The molecule has 0 atom stereocenters. The minimum atomic E-state index is -0.0617. The summed E-state index contributed by atoms with van der Waals surface area (Å²) in [4.78, 5) is 22.0. The first kappa shape index (κ1) is 15.2. The quantitative estimate of drug-likeness (QED) is 0.771. The number of carbonyl (C=O) groups excluding carboxylic acids is 1. The molecule has 3 heterocycles. The third-order valence-corrected chi connectivity index (χ3v) is 4.54. The van der Waals surface area contributed by atoms with Crippen molar-refractivity contribution in [3.8, 4) is 11.3 Å². The average molecular weight is 319 g/mol. The van der Waals surface area contributed by atoms with Gasteiger partial charge in [-0.05, 0) is 13.0 Å². The molecule has 0 bridgehead atoms. The summed E-state index contributed by atoms with van der Waals surface area (Å²) in [5.74, 6) is -0.0617. The smallest absolute Gasteiger partial charge is 0.267 e. The molecule has 1 fully saturated rings. The maximum atomic E-state index is 12.1. The molecular formula is C15H21N5OS. The number of carbonyl (C=O) groups is 1. The Morgan fingerprint density at radius 3 is 3.00 bits per heavy atom. The summed E-state index contributed by atoms with van der Waals surface area (Å²) in [7, 11) is 0. The average Bonchev–Trinajstić information content (AvgIpc) is 3.17. The number of nitrogens with zero attached hydrogens (tertiary/aromatic N) is 2. The van der Waals surface area contributed by atoms with E-state index in [1.165, 1.54) is 0 Å². The molecule has 0 aliphatic carbocycles. The van der Waals surface area contributed by atoms with Gasteiger partial charge in [0, 0.05) is 56.4 Å². The second-order valence-corrected chi connectivity index (χ2v) is 6.46. The summed E-state index contributed by atoms with van der Waals surface area (Å²) in [6.07, 6.45) is 1.83. The molecule has 2 aromatic heterocycles. The fourth-order valence-corrected chi connectivity index (χ4v) is 3.15. The highest BCUT2D eigenvalue weighted by Crippen LogP contribution is 2.22. The number of hydrogen-bond acceptors (Lipinski definition) is 5. The summed E-state index contributed by atoms with van der Waals surface area (Å²) < 4.78 is 0. The first-order valence-electron chi connectivity index (χ1n) is 7.54. The van der Waals surface area contributed by atoms with Crippen LogP contribution in [-0.4, -0.2) is 60.0 Å². The van der Waals surface area contributed by atoms with Crippen molar-refractivity contribution in [1.29, 1.82) is 0 Å². The van der Waals surface area contributed by atoms with Crippen molar-refractivity contribution in [3.05, 3.63) is 28.3 Å². The zero-order valence-electron chi connectivity index (χ0n) is 12.7. The summed E-state index contributed by atoms with van der Waals surface area (Å²) >= 11 is 1.61. The molecule has 0 aromatic carbocycles. The van der Waals surface area contributed by atoms with E-state index in [-0.39, 0.29) is 5.91 Å². The van der Waals surface area contributed by atoms with Gasteiger partial charge in [0.15, 0.2) is 0 Å². The summed E-state index contributed by atoms with van der Waals surface area (Å²) in [5.41, 5.74) is 2.45. The van der Waals surface area contributed by atoms with Crippen molar-refractivity contribution in [2.24, 2.45) is 0 Å². The Balaban J connectivity index is 1.51. The maximum absolute atomic E-state index is 12.1. The van der Waals surface area contributed by atoms with Gasteiger partial charge in [0.2, 0.25) is 0 Å². The monoisotopic (exact) mass is 319 g/mol. The summed E-state index contributed by atoms with van der Waals surface area (Å²) in [6, 6.07) is 1.86. The minimum Gasteiger partial charge on any atom is -0.357 e. The second kappa shape index (κ2) is 7.04. The number of thiazole rings is 1. The molecule has 3 rings (SSSR count). The van der Waals surface area contributed by atoms with E-state index in [0.717, 1.165) is 49.0 Å². The van der Waals surface area contributed by atoms with E-state index < -0.39 is 0 Å². The van der Waals surface area contributed by atoms with E-state index in [9.17, 15) is 4.79 Å².